The van der Waals surface area contributed by atoms with Crippen molar-refractivity contribution < 1.29 is 13.2 Å². The minimum Gasteiger partial charge on any atom is -0.325 e. The molecular formula is C16H23NO3S. The number of sulfone groups is 1. The summed E-state index contributed by atoms with van der Waals surface area (Å²) in [5, 5.41) is 1.83. The summed E-state index contributed by atoms with van der Waals surface area (Å²) in [6.45, 7) is 6.36. The van der Waals surface area contributed by atoms with Gasteiger partial charge in [0.1, 0.15) is 5.25 Å². The van der Waals surface area contributed by atoms with Crippen molar-refractivity contribution in [2.45, 2.75) is 50.7 Å². The molecule has 1 heterocycles. The van der Waals surface area contributed by atoms with Crippen molar-refractivity contribution in [1.29, 1.82) is 0 Å². The molecule has 1 aromatic rings. The van der Waals surface area contributed by atoms with Gasteiger partial charge in [0, 0.05) is 5.69 Å². The van der Waals surface area contributed by atoms with Crippen molar-refractivity contribution in [3.8, 4) is 0 Å². The molecule has 21 heavy (non-hydrogen) atoms. The van der Waals surface area contributed by atoms with Gasteiger partial charge in [0.05, 0.1) is 5.75 Å². The number of amides is 1. The Morgan fingerprint density at radius 2 is 1.76 bits per heavy atom. The van der Waals surface area contributed by atoms with Crippen LogP contribution in [0.3, 0.4) is 0 Å². The van der Waals surface area contributed by atoms with E-state index in [-0.39, 0.29) is 11.2 Å². The largest absolute Gasteiger partial charge is 0.325 e. The van der Waals surface area contributed by atoms with E-state index in [2.05, 4.69) is 26.1 Å². The Kier molecular flexibility index (Phi) is 4.42. The first-order valence-corrected chi connectivity index (χ1v) is 9.05. The Hall–Kier alpha value is -1.36. The molecule has 1 aliphatic heterocycles. The lowest BCUT2D eigenvalue weighted by Gasteiger charge is -2.22. The molecule has 0 aliphatic carbocycles. The maximum absolute atomic E-state index is 12.2. The van der Waals surface area contributed by atoms with Crippen LogP contribution in [0, 0.1) is 0 Å². The normalized spacial score (nSPS) is 21.8. The number of hydrogen-bond acceptors (Lipinski definition) is 3. The predicted molar refractivity (Wildman–Crippen MR) is 85.2 cm³/mol. The van der Waals surface area contributed by atoms with Gasteiger partial charge in [-0.2, -0.15) is 0 Å². The van der Waals surface area contributed by atoms with Crippen LogP contribution in [0.5, 0.6) is 0 Å². The second-order valence-corrected chi connectivity index (χ2v) is 8.97. The molecule has 4 nitrogen and oxygen atoms in total. The summed E-state index contributed by atoms with van der Waals surface area (Å²) in [6.07, 6.45) is 1.88. The molecule has 1 N–H and O–H groups in total. The van der Waals surface area contributed by atoms with Gasteiger partial charge < -0.3 is 5.32 Å². The smallest absolute Gasteiger partial charge is 0.242 e. The van der Waals surface area contributed by atoms with E-state index >= 15 is 0 Å². The molecule has 1 saturated heterocycles. The highest BCUT2D eigenvalue weighted by molar-refractivity contribution is 7.92. The first-order chi connectivity index (χ1) is 9.70. The number of hydrogen-bond donors (Lipinski definition) is 1. The first kappa shape index (κ1) is 16.0. The zero-order valence-electron chi connectivity index (χ0n) is 12.8. The van der Waals surface area contributed by atoms with E-state index in [1.54, 1.807) is 0 Å². The van der Waals surface area contributed by atoms with Crippen LogP contribution in [0.4, 0.5) is 5.69 Å². The third kappa shape index (κ3) is 3.84. The third-order valence-corrected chi connectivity index (χ3v) is 6.06. The Labute approximate surface area is 126 Å². The summed E-state index contributed by atoms with van der Waals surface area (Å²) in [4.78, 5) is 12.2. The summed E-state index contributed by atoms with van der Waals surface area (Å²) < 4.78 is 23.9. The maximum atomic E-state index is 12.2. The summed E-state index contributed by atoms with van der Waals surface area (Å²) in [7, 11) is -3.29. The van der Waals surface area contributed by atoms with Crippen LogP contribution >= 0.6 is 0 Å². The predicted octanol–water partition coefficient (Wildman–Crippen LogP) is 2.89. The summed E-state index contributed by atoms with van der Waals surface area (Å²) in [6, 6.07) is 7.58. The zero-order valence-corrected chi connectivity index (χ0v) is 13.7. The Morgan fingerprint density at radius 1 is 1.14 bits per heavy atom. The molecular weight excluding hydrogens is 286 g/mol. The molecule has 1 amide bonds. The quantitative estimate of drug-likeness (QED) is 0.913. The Bertz CT molecular complexity index is 612. The number of carbonyl (C=O) groups is 1. The average Bonchev–Trinajstić information content (AvgIpc) is 2.37. The zero-order chi connectivity index (χ0) is 15.7. The molecule has 1 atom stereocenters. The second kappa shape index (κ2) is 5.79. The number of rotatable bonds is 2. The number of benzene rings is 1. The molecule has 116 valence electrons. The van der Waals surface area contributed by atoms with Gasteiger partial charge in [0.2, 0.25) is 5.91 Å². The molecule has 1 unspecified atom stereocenters. The molecule has 1 aliphatic rings. The first-order valence-electron chi connectivity index (χ1n) is 7.33. The Balaban J connectivity index is 2.09. The third-order valence-electron chi connectivity index (χ3n) is 3.89. The summed E-state index contributed by atoms with van der Waals surface area (Å²) in [5.41, 5.74) is 1.87. The number of nitrogens with one attached hydrogen (secondary N) is 1. The molecule has 2 rings (SSSR count). The molecule has 1 fully saturated rings. The van der Waals surface area contributed by atoms with Gasteiger partial charge in [-0.15, -0.1) is 0 Å². The van der Waals surface area contributed by atoms with Crippen LogP contribution < -0.4 is 5.32 Å². The molecule has 5 heteroatoms. The van der Waals surface area contributed by atoms with E-state index in [9.17, 15) is 13.2 Å². The van der Waals surface area contributed by atoms with Crippen LogP contribution in [0.2, 0.25) is 0 Å². The van der Waals surface area contributed by atoms with Gasteiger partial charge in [-0.05, 0) is 36.0 Å². The van der Waals surface area contributed by atoms with E-state index in [4.69, 9.17) is 0 Å². The van der Waals surface area contributed by atoms with Crippen molar-refractivity contribution >= 4 is 21.4 Å². The topological polar surface area (TPSA) is 63.2 Å². The highest BCUT2D eigenvalue weighted by Crippen LogP contribution is 2.25. The number of carbonyl (C=O) groups excluding carboxylic acids is 1. The minimum atomic E-state index is -3.29. The molecule has 0 aromatic heterocycles. The highest BCUT2D eigenvalue weighted by atomic mass is 32.2. The standard InChI is InChI=1S/C16H23NO3S/c1-16(2,3)12-7-9-13(10-8-12)17-15(18)14-6-4-5-11-21(14,19)20/h7-10,14H,4-6,11H2,1-3H3,(H,17,18). The van der Waals surface area contributed by atoms with Crippen molar-refractivity contribution in [2.24, 2.45) is 0 Å². The lowest BCUT2D eigenvalue weighted by Crippen LogP contribution is -2.39. The van der Waals surface area contributed by atoms with Crippen molar-refractivity contribution in [3.63, 3.8) is 0 Å². The van der Waals surface area contributed by atoms with E-state index in [0.29, 0.717) is 18.5 Å². The lowest BCUT2D eigenvalue weighted by atomic mass is 9.87. The fraction of sp³-hybridized carbons (Fsp3) is 0.562. The molecule has 0 radical (unpaired) electrons. The molecule has 0 bridgehead atoms. The van der Waals surface area contributed by atoms with Gasteiger partial charge in [-0.3, -0.25) is 4.79 Å². The Morgan fingerprint density at radius 3 is 2.29 bits per heavy atom. The second-order valence-electron chi connectivity index (χ2n) is 6.67. The summed E-state index contributed by atoms with van der Waals surface area (Å²) >= 11 is 0. The monoisotopic (exact) mass is 309 g/mol. The van der Waals surface area contributed by atoms with Crippen LogP contribution in [0.15, 0.2) is 24.3 Å². The molecule has 0 saturated carbocycles. The van der Waals surface area contributed by atoms with Gasteiger partial charge in [-0.1, -0.05) is 39.3 Å². The van der Waals surface area contributed by atoms with Crippen molar-refractivity contribution in [1.82, 2.24) is 0 Å². The van der Waals surface area contributed by atoms with Crippen LogP contribution in [-0.4, -0.2) is 25.3 Å². The lowest BCUT2D eigenvalue weighted by molar-refractivity contribution is -0.116. The number of anilines is 1. The van der Waals surface area contributed by atoms with Gasteiger partial charge >= 0.3 is 0 Å². The van der Waals surface area contributed by atoms with Crippen LogP contribution in [-0.2, 0) is 20.0 Å². The average molecular weight is 309 g/mol. The van der Waals surface area contributed by atoms with Crippen LogP contribution in [0.25, 0.3) is 0 Å². The van der Waals surface area contributed by atoms with E-state index < -0.39 is 21.0 Å². The fourth-order valence-electron chi connectivity index (χ4n) is 2.53. The van der Waals surface area contributed by atoms with Crippen molar-refractivity contribution in [3.05, 3.63) is 29.8 Å². The minimum absolute atomic E-state index is 0.0508. The van der Waals surface area contributed by atoms with Crippen molar-refractivity contribution in [2.75, 3.05) is 11.1 Å². The fourth-order valence-corrected chi connectivity index (χ4v) is 4.33. The van der Waals surface area contributed by atoms with Gasteiger partial charge in [-0.25, -0.2) is 8.42 Å². The van der Waals surface area contributed by atoms with Gasteiger partial charge in [0.25, 0.3) is 0 Å². The molecule has 0 spiro atoms. The maximum Gasteiger partial charge on any atom is 0.242 e. The SMILES string of the molecule is CC(C)(C)c1ccc(NC(=O)C2CCCCS2(=O)=O)cc1. The van der Waals surface area contributed by atoms with E-state index in [1.165, 1.54) is 5.56 Å². The summed E-state index contributed by atoms with van der Waals surface area (Å²) in [5.74, 6) is -0.285. The highest BCUT2D eigenvalue weighted by Gasteiger charge is 2.34. The van der Waals surface area contributed by atoms with Crippen LogP contribution in [0.1, 0.15) is 45.6 Å². The molecule has 1 aromatic carbocycles. The van der Waals surface area contributed by atoms with E-state index in [0.717, 1.165) is 6.42 Å². The van der Waals surface area contributed by atoms with Gasteiger partial charge in [0.15, 0.2) is 9.84 Å². The van der Waals surface area contributed by atoms with E-state index in [1.807, 2.05) is 24.3 Å².